The van der Waals surface area contributed by atoms with E-state index in [9.17, 15) is 5.11 Å². The predicted molar refractivity (Wildman–Crippen MR) is 240 cm³/mol. The predicted octanol–water partition coefficient (Wildman–Crippen LogP) is 13.2. The fraction of sp³-hybridized carbons (Fsp3) is 0.154. The van der Waals surface area contributed by atoms with Crippen LogP contribution in [0.3, 0.4) is 0 Å². The summed E-state index contributed by atoms with van der Waals surface area (Å²) in [7, 11) is 0. The second kappa shape index (κ2) is 13.5. The fourth-order valence-electron chi connectivity index (χ4n) is 8.25. The van der Waals surface area contributed by atoms with Crippen LogP contribution in [0.25, 0.3) is 94.5 Å². The minimum atomic E-state index is -0.100. The molecule has 4 aromatic heterocycles. The molecule has 288 valence electrons. The molecule has 7 heteroatoms. The first-order chi connectivity index (χ1) is 28.4. The summed E-state index contributed by atoms with van der Waals surface area (Å²) < 4.78 is 8.72. The van der Waals surface area contributed by atoms with Crippen molar-refractivity contribution in [3.63, 3.8) is 0 Å². The maximum Gasteiger partial charge on any atom is 0.147 e. The maximum atomic E-state index is 11.7. The van der Waals surface area contributed by atoms with E-state index in [1.54, 1.807) is 24.7 Å². The highest BCUT2D eigenvalue weighted by Gasteiger charge is 2.26. The number of fused-ring (bicyclic) bond motifs is 5. The quantitative estimate of drug-likeness (QED) is 0.187. The van der Waals surface area contributed by atoms with E-state index in [0.29, 0.717) is 22.2 Å². The normalized spacial score (nSPS) is 12.3. The summed E-state index contributed by atoms with van der Waals surface area (Å²) >= 11 is 0. The average Bonchev–Trinajstić information content (AvgIpc) is 3.82. The topological polar surface area (TPSA) is 89.9 Å². The Morgan fingerprint density at radius 2 is 1.31 bits per heavy atom. The van der Waals surface area contributed by atoms with Crippen LogP contribution in [-0.4, -0.2) is 29.6 Å². The molecule has 7 nitrogen and oxygen atoms in total. The van der Waals surface area contributed by atoms with Crippen molar-refractivity contribution >= 4 is 44.0 Å². The van der Waals surface area contributed by atoms with Gasteiger partial charge in [0.25, 0.3) is 0 Å². The van der Waals surface area contributed by atoms with Gasteiger partial charge >= 0.3 is 0 Å². The molecule has 6 aromatic carbocycles. The number of aromatic hydroxyl groups is 1. The third-order valence-electron chi connectivity index (χ3n) is 11.4. The van der Waals surface area contributed by atoms with Crippen LogP contribution in [0.4, 0.5) is 0 Å². The van der Waals surface area contributed by atoms with Crippen molar-refractivity contribution in [2.75, 3.05) is 0 Å². The molecule has 0 radical (unpaired) electrons. The number of pyridine rings is 1. The first kappa shape index (κ1) is 36.2. The van der Waals surface area contributed by atoms with Gasteiger partial charge in [-0.25, -0.2) is 4.98 Å². The molecular formula is C52H43N5O2. The number of benzene rings is 6. The summed E-state index contributed by atoms with van der Waals surface area (Å²) in [5.41, 5.74) is 14.0. The minimum Gasteiger partial charge on any atom is -0.507 e. The van der Waals surface area contributed by atoms with Crippen molar-refractivity contribution in [3.05, 3.63) is 157 Å². The summed E-state index contributed by atoms with van der Waals surface area (Å²) in [6, 6.07) is 41.8. The van der Waals surface area contributed by atoms with Gasteiger partial charge in [0, 0.05) is 51.6 Å². The third kappa shape index (κ3) is 6.13. The number of aromatic nitrogens is 5. The van der Waals surface area contributed by atoms with Crippen LogP contribution in [0, 0.1) is 0 Å². The lowest BCUT2D eigenvalue weighted by Crippen LogP contribution is -2.12. The fourth-order valence-corrected chi connectivity index (χ4v) is 8.25. The number of furan rings is 1. The van der Waals surface area contributed by atoms with Gasteiger partial charge in [0.1, 0.15) is 28.3 Å². The molecule has 59 heavy (non-hydrogen) atoms. The number of rotatable bonds is 5. The first-order valence-electron chi connectivity index (χ1n) is 20.0. The Kier molecular flexibility index (Phi) is 8.28. The number of hydrogen-bond donors (Lipinski definition) is 1. The molecule has 10 rings (SSSR count). The van der Waals surface area contributed by atoms with Gasteiger partial charge in [0.2, 0.25) is 0 Å². The van der Waals surface area contributed by atoms with Gasteiger partial charge < -0.3 is 9.52 Å². The van der Waals surface area contributed by atoms with E-state index in [2.05, 4.69) is 125 Å². The Balaban J connectivity index is 1.29. The van der Waals surface area contributed by atoms with Crippen LogP contribution in [0.15, 0.2) is 151 Å². The van der Waals surface area contributed by atoms with Crippen LogP contribution in [0.2, 0.25) is 0 Å². The average molecular weight is 770 g/mol. The summed E-state index contributed by atoms with van der Waals surface area (Å²) in [4.78, 5) is 19.9. The highest BCUT2D eigenvalue weighted by atomic mass is 16.3. The molecule has 0 fully saturated rings. The highest BCUT2D eigenvalue weighted by Crippen LogP contribution is 2.45. The molecule has 1 N–H and O–H groups in total. The summed E-state index contributed by atoms with van der Waals surface area (Å²) in [6.45, 7) is 13.4. The second-order valence-electron chi connectivity index (χ2n) is 17.4. The van der Waals surface area contributed by atoms with Gasteiger partial charge in [-0.3, -0.25) is 19.5 Å². The van der Waals surface area contributed by atoms with Crippen molar-refractivity contribution in [2.45, 2.75) is 52.4 Å². The van der Waals surface area contributed by atoms with Crippen molar-refractivity contribution in [3.8, 4) is 56.2 Å². The van der Waals surface area contributed by atoms with E-state index < -0.39 is 0 Å². The Bertz CT molecular complexity index is 3260. The SMILES string of the molecule is CC(C)(C)c1ccc(-n2c(-c3cccc(-c4cc(C(C)(C)C)cc5nccnc45)c3)nc3c(-c4c(O)ccc5c4oc4ccccc45)cncc32)c(-c2ccccc2)c1. The number of imidazole rings is 1. The Morgan fingerprint density at radius 1 is 0.576 bits per heavy atom. The van der Waals surface area contributed by atoms with E-state index >= 15 is 0 Å². The van der Waals surface area contributed by atoms with Gasteiger partial charge in [-0.05, 0) is 81.6 Å². The standard InChI is InChI=1S/C52H43N5O2/c1-51(2,3)34-19-21-42(38(26-34)31-13-8-7-9-14-31)57-43-30-53-29-40(46-44(58)22-20-37-36-17-10-11-18-45(36)59-49(37)46)48(43)56-50(57)33-16-12-15-32(25-33)39-27-35(52(4,5)6)28-41-47(39)55-24-23-54-41/h7-30,58H,1-6H3. The number of phenolic OH excluding ortho intramolecular Hbond substituents is 1. The largest absolute Gasteiger partial charge is 0.507 e. The van der Waals surface area contributed by atoms with E-state index in [1.165, 1.54) is 11.1 Å². The molecule has 0 amide bonds. The molecule has 0 saturated heterocycles. The maximum absolute atomic E-state index is 11.7. The Labute approximate surface area is 342 Å². The zero-order chi connectivity index (χ0) is 40.6. The van der Waals surface area contributed by atoms with E-state index in [4.69, 9.17) is 24.4 Å². The molecule has 0 saturated carbocycles. The molecular weight excluding hydrogens is 727 g/mol. The lowest BCUT2D eigenvalue weighted by atomic mass is 9.84. The summed E-state index contributed by atoms with van der Waals surface area (Å²) in [5.74, 6) is 0.825. The molecule has 0 bridgehead atoms. The van der Waals surface area contributed by atoms with E-state index in [1.807, 2.05) is 42.6 Å². The van der Waals surface area contributed by atoms with Gasteiger partial charge in [-0.15, -0.1) is 0 Å². The van der Waals surface area contributed by atoms with Crippen LogP contribution in [0.5, 0.6) is 5.75 Å². The molecule has 4 heterocycles. The zero-order valence-electron chi connectivity index (χ0n) is 33.9. The minimum absolute atomic E-state index is 0.0823. The van der Waals surface area contributed by atoms with Crippen LogP contribution in [-0.2, 0) is 10.8 Å². The van der Waals surface area contributed by atoms with Crippen LogP contribution in [0.1, 0.15) is 52.7 Å². The first-order valence-corrected chi connectivity index (χ1v) is 20.0. The zero-order valence-corrected chi connectivity index (χ0v) is 33.9. The highest BCUT2D eigenvalue weighted by molar-refractivity contribution is 6.13. The van der Waals surface area contributed by atoms with Crippen LogP contribution < -0.4 is 0 Å². The van der Waals surface area contributed by atoms with Crippen molar-refractivity contribution < 1.29 is 9.52 Å². The van der Waals surface area contributed by atoms with Crippen molar-refractivity contribution in [1.29, 1.82) is 0 Å². The molecule has 0 unspecified atom stereocenters. The second-order valence-corrected chi connectivity index (χ2v) is 17.4. The van der Waals surface area contributed by atoms with E-state index in [-0.39, 0.29) is 16.6 Å². The van der Waals surface area contributed by atoms with Gasteiger partial charge in [-0.1, -0.05) is 114 Å². The molecule has 0 aliphatic rings. The molecule has 0 atom stereocenters. The van der Waals surface area contributed by atoms with Gasteiger partial charge in [-0.2, -0.15) is 0 Å². The third-order valence-corrected chi connectivity index (χ3v) is 11.4. The number of para-hydroxylation sites is 1. The van der Waals surface area contributed by atoms with Crippen LogP contribution >= 0.6 is 0 Å². The van der Waals surface area contributed by atoms with Crippen molar-refractivity contribution in [1.82, 2.24) is 24.5 Å². The Hall–Kier alpha value is -7.12. The number of hydrogen-bond acceptors (Lipinski definition) is 6. The molecule has 10 aromatic rings. The van der Waals surface area contributed by atoms with E-state index in [0.717, 1.165) is 72.2 Å². The summed E-state index contributed by atoms with van der Waals surface area (Å²) in [5, 5.41) is 13.5. The molecule has 0 spiro atoms. The van der Waals surface area contributed by atoms with Crippen molar-refractivity contribution in [2.24, 2.45) is 0 Å². The monoisotopic (exact) mass is 769 g/mol. The number of nitrogens with zero attached hydrogens (tertiary/aromatic N) is 5. The lowest BCUT2D eigenvalue weighted by Gasteiger charge is -2.23. The lowest BCUT2D eigenvalue weighted by molar-refractivity contribution is 0.477. The Morgan fingerprint density at radius 3 is 2.12 bits per heavy atom. The smallest absolute Gasteiger partial charge is 0.147 e. The molecule has 0 aliphatic carbocycles. The van der Waals surface area contributed by atoms with Gasteiger partial charge in [0.15, 0.2) is 0 Å². The number of phenols is 1. The molecule has 0 aliphatic heterocycles. The van der Waals surface area contributed by atoms with Gasteiger partial charge in [0.05, 0.1) is 34.0 Å². The summed E-state index contributed by atoms with van der Waals surface area (Å²) in [6.07, 6.45) is 7.16.